The Hall–Kier alpha value is -2.49. The Kier molecular flexibility index (Phi) is 6.16. The summed E-state index contributed by atoms with van der Waals surface area (Å²) in [5, 5.41) is 1.05. The van der Waals surface area contributed by atoms with E-state index >= 15 is 0 Å². The molecule has 0 saturated heterocycles. The number of carbonyl (C=O) groups is 1. The quantitative estimate of drug-likeness (QED) is 0.469. The predicted molar refractivity (Wildman–Crippen MR) is 103 cm³/mol. The minimum absolute atomic E-state index is 0.208. The van der Waals surface area contributed by atoms with Crippen molar-refractivity contribution in [3.63, 3.8) is 0 Å². The first-order chi connectivity index (χ1) is 12.7. The summed E-state index contributed by atoms with van der Waals surface area (Å²) >= 11 is 12.3. The third-order valence-electron chi connectivity index (χ3n) is 3.86. The lowest BCUT2D eigenvalue weighted by Crippen LogP contribution is -2.07. The number of ether oxygens (including phenoxy) is 2. The molecule has 0 unspecified atom stereocenters. The molecule has 0 fully saturated rings. The van der Waals surface area contributed by atoms with Gasteiger partial charge in [0.25, 0.3) is 0 Å². The highest BCUT2D eigenvalue weighted by Crippen LogP contribution is 2.27. The lowest BCUT2D eigenvalue weighted by atomic mass is 10.0. The second-order valence-electron chi connectivity index (χ2n) is 5.54. The van der Waals surface area contributed by atoms with E-state index in [-0.39, 0.29) is 13.2 Å². The number of hydrogen-bond acceptors (Lipinski definition) is 3. The summed E-state index contributed by atoms with van der Waals surface area (Å²) < 4.78 is 11.6. The summed E-state index contributed by atoms with van der Waals surface area (Å²) in [6.07, 6.45) is 0.810. The molecule has 0 amide bonds. The topological polar surface area (TPSA) is 35.5 Å². The van der Waals surface area contributed by atoms with Crippen LogP contribution >= 0.6 is 23.2 Å². The van der Waals surface area contributed by atoms with Crippen molar-refractivity contribution in [3.8, 4) is 11.5 Å². The van der Waals surface area contributed by atoms with Crippen LogP contribution < -0.4 is 9.47 Å². The molecule has 0 aliphatic carbocycles. The molecule has 132 valence electrons. The highest BCUT2D eigenvalue weighted by Gasteiger charge is 2.11. The van der Waals surface area contributed by atoms with Gasteiger partial charge in [0.15, 0.2) is 0 Å². The van der Waals surface area contributed by atoms with Gasteiger partial charge < -0.3 is 9.47 Å². The van der Waals surface area contributed by atoms with Crippen LogP contribution in [0, 0.1) is 0 Å². The second kappa shape index (κ2) is 8.75. The number of halogens is 2. The smallest absolute Gasteiger partial charge is 0.150 e. The Morgan fingerprint density at radius 2 is 1.31 bits per heavy atom. The molecule has 3 nitrogen and oxygen atoms in total. The van der Waals surface area contributed by atoms with Gasteiger partial charge in [-0.25, -0.2) is 0 Å². The molecule has 3 aromatic rings. The molecule has 26 heavy (non-hydrogen) atoms. The zero-order valence-corrected chi connectivity index (χ0v) is 15.3. The first kappa shape index (κ1) is 18.3. The number of para-hydroxylation sites is 2. The third-order valence-corrected chi connectivity index (χ3v) is 4.49. The highest BCUT2D eigenvalue weighted by molar-refractivity contribution is 6.32. The normalized spacial score (nSPS) is 10.4. The lowest BCUT2D eigenvalue weighted by Gasteiger charge is -2.15. The molecule has 5 heteroatoms. The maximum absolute atomic E-state index is 11.4. The summed E-state index contributed by atoms with van der Waals surface area (Å²) in [4.78, 5) is 11.4. The van der Waals surface area contributed by atoms with Crippen molar-refractivity contribution in [2.75, 3.05) is 0 Å². The van der Waals surface area contributed by atoms with Crippen LogP contribution in [0.4, 0.5) is 0 Å². The molecule has 0 saturated carbocycles. The van der Waals surface area contributed by atoms with E-state index in [4.69, 9.17) is 32.7 Å². The largest absolute Gasteiger partial charge is 0.487 e. The van der Waals surface area contributed by atoms with Crippen molar-refractivity contribution in [1.29, 1.82) is 0 Å². The fourth-order valence-corrected chi connectivity index (χ4v) is 2.89. The monoisotopic (exact) mass is 386 g/mol. The van der Waals surface area contributed by atoms with E-state index in [1.54, 1.807) is 30.3 Å². The first-order valence-electron chi connectivity index (χ1n) is 7.99. The summed E-state index contributed by atoms with van der Waals surface area (Å²) in [5.41, 5.74) is 2.16. The van der Waals surface area contributed by atoms with E-state index in [9.17, 15) is 4.79 Å². The highest BCUT2D eigenvalue weighted by atomic mass is 35.5. The minimum atomic E-state index is 0.208. The Bertz CT molecular complexity index is 909. The molecule has 0 atom stereocenters. The van der Waals surface area contributed by atoms with Crippen molar-refractivity contribution in [2.24, 2.45) is 0 Å². The van der Waals surface area contributed by atoms with Crippen molar-refractivity contribution in [1.82, 2.24) is 0 Å². The number of benzene rings is 3. The van der Waals surface area contributed by atoms with Crippen molar-refractivity contribution >= 4 is 29.5 Å². The number of hydrogen-bond donors (Lipinski definition) is 0. The van der Waals surface area contributed by atoms with Crippen LogP contribution in [-0.4, -0.2) is 6.29 Å². The molecule has 0 aliphatic rings. The molecule has 0 aliphatic heterocycles. The van der Waals surface area contributed by atoms with E-state index in [1.165, 1.54) is 0 Å². The van der Waals surface area contributed by atoms with Crippen LogP contribution in [0.5, 0.6) is 11.5 Å². The SMILES string of the molecule is O=Cc1cccc(COc2ccccc2Cl)c1COc1ccccc1Cl. The summed E-state index contributed by atoms with van der Waals surface area (Å²) in [6.45, 7) is 0.479. The van der Waals surface area contributed by atoms with Crippen LogP contribution in [0.2, 0.25) is 10.0 Å². The number of rotatable bonds is 7. The van der Waals surface area contributed by atoms with Crippen molar-refractivity contribution < 1.29 is 14.3 Å². The molecule has 0 heterocycles. The van der Waals surface area contributed by atoms with Crippen molar-refractivity contribution in [3.05, 3.63) is 93.5 Å². The molecular weight excluding hydrogens is 371 g/mol. The minimum Gasteiger partial charge on any atom is -0.487 e. The molecule has 0 aromatic heterocycles. The average molecular weight is 387 g/mol. The van der Waals surface area contributed by atoms with E-state index in [1.807, 2.05) is 36.4 Å². The lowest BCUT2D eigenvalue weighted by molar-refractivity contribution is 0.112. The van der Waals surface area contributed by atoms with Crippen LogP contribution in [0.25, 0.3) is 0 Å². The predicted octanol–water partition coefficient (Wildman–Crippen LogP) is 5.96. The molecule has 0 radical (unpaired) electrons. The van der Waals surface area contributed by atoms with E-state index < -0.39 is 0 Å². The van der Waals surface area contributed by atoms with Crippen molar-refractivity contribution in [2.45, 2.75) is 13.2 Å². The number of aldehydes is 1. The first-order valence-corrected chi connectivity index (χ1v) is 8.75. The fourth-order valence-electron chi connectivity index (χ4n) is 2.51. The van der Waals surface area contributed by atoms with Gasteiger partial charge in [0.2, 0.25) is 0 Å². The standard InChI is InChI=1S/C21H16Cl2O3/c22-18-8-1-3-10-20(18)25-13-16-7-5-6-15(12-24)17(16)14-26-21-11-4-2-9-19(21)23/h1-12H,13-14H2. The van der Waals surface area contributed by atoms with Gasteiger partial charge in [0.05, 0.1) is 10.0 Å². The van der Waals surface area contributed by atoms with E-state index in [0.717, 1.165) is 17.4 Å². The van der Waals surface area contributed by atoms with Crippen LogP contribution in [0.1, 0.15) is 21.5 Å². The van der Waals surface area contributed by atoms with Crippen LogP contribution in [-0.2, 0) is 13.2 Å². The molecule has 0 spiro atoms. The molecule has 0 N–H and O–H groups in total. The average Bonchev–Trinajstić information content (AvgIpc) is 2.67. The summed E-state index contributed by atoms with van der Waals surface area (Å²) in [6, 6.07) is 19.9. The van der Waals surface area contributed by atoms with Gasteiger partial charge in [-0.3, -0.25) is 4.79 Å². The molecule has 3 aromatic carbocycles. The van der Waals surface area contributed by atoms with Gasteiger partial charge in [0, 0.05) is 11.1 Å². The van der Waals surface area contributed by atoms with E-state index in [2.05, 4.69) is 0 Å². The van der Waals surface area contributed by atoms with Gasteiger partial charge in [-0.1, -0.05) is 65.7 Å². The van der Waals surface area contributed by atoms with Gasteiger partial charge >= 0.3 is 0 Å². The van der Waals surface area contributed by atoms with Crippen LogP contribution in [0.3, 0.4) is 0 Å². The van der Waals surface area contributed by atoms with Gasteiger partial charge in [-0.2, -0.15) is 0 Å². The van der Waals surface area contributed by atoms with Gasteiger partial charge in [0.1, 0.15) is 31.0 Å². The fraction of sp³-hybridized carbons (Fsp3) is 0.0952. The van der Waals surface area contributed by atoms with Gasteiger partial charge in [-0.05, 0) is 29.8 Å². The van der Waals surface area contributed by atoms with Gasteiger partial charge in [-0.15, -0.1) is 0 Å². The van der Waals surface area contributed by atoms with E-state index in [0.29, 0.717) is 27.1 Å². The van der Waals surface area contributed by atoms with Crippen LogP contribution in [0.15, 0.2) is 66.7 Å². The zero-order chi connectivity index (χ0) is 18.4. The zero-order valence-electron chi connectivity index (χ0n) is 13.8. The summed E-state index contributed by atoms with van der Waals surface area (Å²) in [7, 11) is 0. The molecule has 3 rings (SSSR count). The Morgan fingerprint density at radius 1 is 0.731 bits per heavy atom. The maximum atomic E-state index is 11.4. The number of carbonyl (C=O) groups excluding carboxylic acids is 1. The molecular formula is C21H16Cl2O3. The molecule has 0 bridgehead atoms. The second-order valence-corrected chi connectivity index (χ2v) is 6.36. The Morgan fingerprint density at radius 3 is 1.88 bits per heavy atom. The third kappa shape index (κ3) is 4.37. The Balaban J connectivity index is 1.81. The summed E-state index contributed by atoms with van der Waals surface area (Å²) in [5.74, 6) is 1.15. The Labute approximate surface area is 162 Å². The maximum Gasteiger partial charge on any atom is 0.150 e.